The summed E-state index contributed by atoms with van der Waals surface area (Å²) < 4.78 is 23.3. The predicted molar refractivity (Wildman–Crippen MR) is 16.4 cm³/mol. The van der Waals surface area contributed by atoms with Crippen LogP contribution in [0.1, 0.15) is 0 Å². The first-order valence-corrected chi connectivity index (χ1v) is 3.46. The molecule has 0 aromatic rings. The molecule has 0 saturated heterocycles. The van der Waals surface area contributed by atoms with Crippen molar-refractivity contribution < 1.29 is 26.4 Å². The zero-order chi connectivity index (χ0) is 5.70. The van der Waals surface area contributed by atoms with Crippen LogP contribution in [0.25, 0.3) is 0 Å². The monoisotopic (exact) mass is 143 g/mol. The van der Waals surface area contributed by atoms with Crippen molar-refractivity contribution in [1.29, 1.82) is 0 Å². The van der Waals surface area contributed by atoms with Gasteiger partial charge in [0, 0.05) is 0 Å². The van der Waals surface area contributed by atoms with E-state index in [1.807, 2.05) is 0 Å². The van der Waals surface area contributed by atoms with Crippen LogP contribution in [0.2, 0.25) is 0 Å². The molecular weight excluding hydrogens is 137 g/mol. The number of rotatable bonds is 3. The molecular formula is C2H6NO3V. The Kier molecular flexibility index (Phi) is 4.33. The summed E-state index contributed by atoms with van der Waals surface area (Å²) in [6.07, 6.45) is 0. The number of nitrogens with two attached hydrogens (primary N) is 1. The molecule has 0 spiro atoms. The summed E-state index contributed by atoms with van der Waals surface area (Å²) in [6.45, 7) is 0.378. The van der Waals surface area contributed by atoms with E-state index in [2.05, 4.69) is 3.66 Å². The van der Waals surface area contributed by atoms with Crippen molar-refractivity contribution in [2.45, 2.75) is 0 Å². The Morgan fingerprint density at radius 1 is 1.57 bits per heavy atom. The molecule has 0 amide bonds. The van der Waals surface area contributed by atoms with Crippen LogP contribution < -0.4 is 5.73 Å². The van der Waals surface area contributed by atoms with Gasteiger partial charge in [-0.15, -0.1) is 0 Å². The van der Waals surface area contributed by atoms with Crippen LogP contribution in [0.5, 0.6) is 0 Å². The first kappa shape index (κ1) is 7.10. The minimum absolute atomic E-state index is 0.118. The second kappa shape index (κ2) is 4.27. The first-order valence-electron chi connectivity index (χ1n) is 1.74. The van der Waals surface area contributed by atoms with Crippen molar-refractivity contribution >= 4 is 0 Å². The fraction of sp³-hybridized carbons (Fsp3) is 1.00. The Bertz CT molecular complexity index is 91.1. The van der Waals surface area contributed by atoms with Gasteiger partial charge in [-0.1, -0.05) is 0 Å². The molecule has 42 valence electrons. The second-order valence-corrected chi connectivity index (χ2v) is 1.95. The molecule has 0 aliphatic rings. The minimum atomic E-state index is -3.32. The molecule has 0 aromatic heterocycles. The molecule has 2 N–H and O–H groups in total. The van der Waals surface area contributed by atoms with E-state index in [0.29, 0.717) is 0 Å². The molecule has 4 nitrogen and oxygen atoms in total. The van der Waals surface area contributed by atoms with Gasteiger partial charge in [-0.25, -0.2) is 0 Å². The Morgan fingerprint density at radius 2 is 2.14 bits per heavy atom. The second-order valence-electron chi connectivity index (χ2n) is 0.846. The zero-order valence-corrected chi connectivity index (χ0v) is 5.06. The standard InChI is InChI=1S/C2H6NO.2O.V/c3-1-2-4;;;/h1-3H2;;;/q-1;;;+1. The van der Waals surface area contributed by atoms with Gasteiger partial charge in [0.05, 0.1) is 0 Å². The maximum absolute atomic E-state index is 9.60. The van der Waals surface area contributed by atoms with Gasteiger partial charge >= 0.3 is 45.3 Å². The molecule has 0 unspecified atom stereocenters. The van der Waals surface area contributed by atoms with E-state index < -0.39 is 15.4 Å². The third-order valence-electron chi connectivity index (χ3n) is 0.315. The maximum atomic E-state index is 9.60. The molecule has 0 atom stereocenters. The molecule has 0 radical (unpaired) electrons. The normalized spacial score (nSPS) is 8.71. The van der Waals surface area contributed by atoms with E-state index in [4.69, 9.17) is 5.73 Å². The molecule has 0 aliphatic carbocycles. The summed E-state index contributed by atoms with van der Waals surface area (Å²) >= 11 is -3.32. The molecule has 7 heavy (non-hydrogen) atoms. The van der Waals surface area contributed by atoms with Crippen LogP contribution >= 0.6 is 0 Å². The summed E-state index contributed by atoms with van der Waals surface area (Å²) in [6, 6.07) is 0. The van der Waals surface area contributed by atoms with Gasteiger partial charge in [0.1, 0.15) is 0 Å². The fourth-order valence-corrected chi connectivity index (χ4v) is 0.525. The Morgan fingerprint density at radius 3 is 2.29 bits per heavy atom. The van der Waals surface area contributed by atoms with Crippen LogP contribution in [0.15, 0.2) is 0 Å². The summed E-state index contributed by atoms with van der Waals surface area (Å²) in [5.74, 6) is 0. The fourth-order valence-electron chi connectivity index (χ4n) is 0.127. The molecule has 0 heterocycles. The van der Waals surface area contributed by atoms with Gasteiger partial charge in [-0.3, -0.25) is 0 Å². The quantitative estimate of drug-likeness (QED) is 0.560. The molecule has 0 aliphatic heterocycles. The Labute approximate surface area is 46.0 Å². The first-order chi connectivity index (χ1) is 3.27. The van der Waals surface area contributed by atoms with E-state index in [1.165, 1.54) is 0 Å². The predicted octanol–water partition coefficient (Wildman–Crippen LogP) is -0.814. The number of hydrogen-bond donors (Lipinski definition) is 1. The summed E-state index contributed by atoms with van der Waals surface area (Å²) in [7, 11) is 0. The van der Waals surface area contributed by atoms with Gasteiger partial charge in [0.25, 0.3) is 0 Å². The average Bonchev–Trinajstić information content (AvgIpc) is 1.61. The summed E-state index contributed by atoms with van der Waals surface area (Å²) in [5.41, 5.74) is 4.90. The van der Waals surface area contributed by atoms with Crippen LogP contribution in [0.3, 0.4) is 0 Å². The third kappa shape index (κ3) is 6.10. The molecule has 5 heteroatoms. The van der Waals surface area contributed by atoms with Gasteiger partial charge in [-0.2, -0.15) is 0 Å². The van der Waals surface area contributed by atoms with E-state index in [-0.39, 0.29) is 13.2 Å². The summed E-state index contributed by atoms with van der Waals surface area (Å²) in [4.78, 5) is 0. The SMILES string of the molecule is NCC[O][V](=[O])=[O]. The van der Waals surface area contributed by atoms with Crippen LogP contribution in [0, 0.1) is 0 Å². The van der Waals surface area contributed by atoms with Gasteiger partial charge in [0.2, 0.25) is 0 Å². The average molecular weight is 143 g/mol. The Balaban J connectivity index is 2.98. The van der Waals surface area contributed by atoms with Gasteiger partial charge in [0.15, 0.2) is 0 Å². The third-order valence-corrected chi connectivity index (χ3v) is 0.929. The topological polar surface area (TPSA) is 69.4 Å². The van der Waals surface area contributed by atoms with Crippen molar-refractivity contribution in [3.05, 3.63) is 0 Å². The van der Waals surface area contributed by atoms with Crippen molar-refractivity contribution in [3.8, 4) is 0 Å². The van der Waals surface area contributed by atoms with Crippen LogP contribution in [-0.2, 0) is 26.4 Å². The van der Waals surface area contributed by atoms with E-state index in [0.717, 1.165) is 0 Å². The molecule has 0 aromatic carbocycles. The van der Waals surface area contributed by atoms with Crippen LogP contribution in [0.4, 0.5) is 0 Å². The molecule has 0 fully saturated rings. The number of hydrogen-bond acceptors (Lipinski definition) is 4. The molecule has 0 saturated carbocycles. The van der Waals surface area contributed by atoms with E-state index in [1.54, 1.807) is 0 Å². The molecule has 0 bridgehead atoms. The van der Waals surface area contributed by atoms with Crippen molar-refractivity contribution in [3.63, 3.8) is 0 Å². The Hall–Kier alpha value is 0.104. The van der Waals surface area contributed by atoms with Gasteiger partial charge in [-0.05, 0) is 0 Å². The van der Waals surface area contributed by atoms with Gasteiger partial charge < -0.3 is 0 Å². The van der Waals surface area contributed by atoms with E-state index >= 15 is 0 Å². The van der Waals surface area contributed by atoms with E-state index in [9.17, 15) is 7.35 Å². The summed E-state index contributed by atoms with van der Waals surface area (Å²) in [5, 5.41) is 0. The zero-order valence-electron chi connectivity index (χ0n) is 3.66. The van der Waals surface area contributed by atoms with Crippen molar-refractivity contribution in [2.24, 2.45) is 5.73 Å². The molecule has 0 rings (SSSR count). The van der Waals surface area contributed by atoms with Crippen molar-refractivity contribution in [2.75, 3.05) is 13.2 Å². The van der Waals surface area contributed by atoms with Crippen molar-refractivity contribution in [1.82, 2.24) is 0 Å². The van der Waals surface area contributed by atoms with Crippen LogP contribution in [-0.4, -0.2) is 13.2 Å².